The molecule has 0 aliphatic rings. The molecule has 108 valence electrons. The van der Waals surface area contributed by atoms with Gasteiger partial charge in [-0.2, -0.15) is 0 Å². The number of hydrogen-bond acceptors (Lipinski definition) is 5. The van der Waals surface area contributed by atoms with Gasteiger partial charge in [-0.25, -0.2) is 13.4 Å². The van der Waals surface area contributed by atoms with Crippen LogP contribution in [0, 0.1) is 6.92 Å². The van der Waals surface area contributed by atoms with Gasteiger partial charge in [0.25, 0.3) is 11.6 Å². The van der Waals surface area contributed by atoms with Gasteiger partial charge in [-0.05, 0) is 27.7 Å². The van der Waals surface area contributed by atoms with Crippen molar-refractivity contribution in [2.45, 2.75) is 39.0 Å². The second-order valence-electron chi connectivity index (χ2n) is 5.31. The molecule has 1 aromatic heterocycles. The lowest BCUT2D eigenvalue weighted by Crippen LogP contribution is -2.34. The van der Waals surface area contributed by atoms with Crippen molar-refractivity contribution < 1.29 is 13.2 Å². The van der Waals surface area contributed by atoms with Crippen LogP contribution in [-0.2, 0) is 16.4 Å². The third-order valence-electron chi connectivity index (χ3n) is 2.80. The standard InChI is InChI=1S/C12H20N2O4S/c1-9-8-10(15)14(11(13-9)18-5)6-7-19(16,17)12(2,3)4/h8H,6-7H2,1-5H3. The summed E-state index contributed by atoms with van der Waals surface area (Å²) in [5.74, 6) is -0.127. The Morgan fingerprint density at radius 1 is 1.37 bits per heavy atom. The zero-order valence-electron chi connectivity index (χ0n) is 11.9. The molecule has 1 heterocycles. The lowest BCUT2D eigenvalue weighted by Gasteiger charge is -2.19. The van der Waals surface area contributed by atoms with E-state index in [1.807, 2.05) is 0 Å². The van der Waals surface area contributed by atoms with E-state index < -0.39 is 14.6 Å². The number of nitrogens with zero attached hydrogens (tertiary/aromatic N) is 2. The molecule has 1 rings (SSSR count). The molecule has 6 nitrogen and oxygen atoms in total. The van der Waals surface area contributed by atoms with E-state index in [0.717, 1.165) is 0 Å². The van der Waals surface area contributed by atoms with Gasteiger partial charge in [0, 0.05) is 18.3 Å². The Labute approximate surface area is 113 Å². The minimum absolute atomic E-state index is 0.0366. The summed E-state index contributed by atoms with van der Waals surface area (Å²) >= 11 is 0. The zero-order valence-corrected chi connectivity index (χ0v) is 12.7. The number of sulfone groups is 1. The Kier molecular flexibility index (Phi) is 4.39. The summed E-state index contributed by atoms with van der Waals surface area (Å²) in [5, 5.41) is 0. The van der Waals surface area contributed by atoms with Gasteiger partial charge in [0.05, 0.1) is 17.6 Å². The van der Waals surface area contributed by atoms with Gasteiger partial charge in [0.15, 0.2) is 9.84 Å². The molecule has 0 saturated carbocycles. The first-order valence-electron chi connectivity index (χ1n) is 5.93. The van der Waals surface area contributed by atoms with Crippen molar-refractivity contribution >= 4 is 9.84 Å². The third-order valence-corrected chi connectivity index (χ3v) is 5.39. The number of aryl methyl sites for hydroxylation is 1. The fourth-order valence-corrected chi connectivity index (χ4v) is 2.51. The maximum Gasteiger partial charge on any atom is 0.299 e. The second-order valence-corrected chi connectivity index (χ2v) is 8.17. The van der Waals surface area contributed by atoms with E-state index >= 15 is 0 Å². The molecule has 19 heavy (non-hydrogen) atoms. The third kappa shape index (κ3) is 3.56. The van der Waals surface area contributed by atoms with Crippen molar-refractivity contribution in [1.82, 2.24) is 9.55 Å². The van der Waals surface area contributed by atoms with Gasteiger partial charge < -0.3 is 4.74 Å². The van der Waals surface area contributed by atoms with Crippen LogP contribution in [0.3, 0.4) is 0 Å². The van der Waals surface area contributed by atoms with E-state index in [9.17, 15) is 13.2 Å². The summed E-state index contributed by atoms with van der Waals surface area (Å²) in [6, 6.07) is 1.49. The largest absolute Gasteiger partial charge is 0.468 e. The molecule has 0 aliphatic heterocycles. The molecule has 0 aromatic carbocycles. The summed E-state index contributed by atoms with van der Waals surface area (Å²) in [5.41, 5.74) is 0.227. The molecule has 0 fully saturated rings. The van der Waals surface area contributed by atoms with E-state index in [0.29, 0.717) is 5.69 Å². The Morgan fingerprint density at radius 3 is 2.42 bits per heavy atom. The Morgan fingerprint density at radius 2 is 1.95 bits per heavy atom. The number of rotatable bonds is 4. The molecule has 7 heteroatoms. The van der Waals surface area contributed by atoms with Crippen LogP contribution in [0.2, 0.25) is 0 Å². The molecule has 0 spiro atoms. The lowest BCUT2D eigenvalue weighted by atomic mass is 10.3. The number of hydrogen-bond donors (Lipinski definition) is 0. The fraction of sp³-hybridized carbons (Fsp3) is 0.667. The minimum atomic E-state index is -3.29. The highest BCUT2D eigenvalue weighted by Crippen LogP contribution is 2.16. The molecular formula is C12H20N2O4S. The van der Waals surface area contributed by atoms with Gasteiger partial charge in [0.2, 0.25) is 0 Å². The van der Waals surface area contributed by atoms with Crippen LogP contribution >= 0.6 is 0 Å². The van der Waals surface area contributed by atoms with E-state index in [2.05, 4.69) is 4.98 Å². The van der Waals surface area contributed by atoms with Gasteiger partial charge in [-0.3, -0.25) is 9.36 Å². The number of aromatic nitrogens is 2. The molecule has 0 N–H and O–H groups in total. The highest BCUT2D eigenvalue weighted by molar-refractivity contribution is 7.92. The van der Waals surface area contributed by atoms with Crippen LogP contribution in [-0.4, -0.2) is 35.6 Å². The maximum absolute atomic E-state index is 12.0. The first-order valence-corrected chi connectivity index (χ1v) is 7.58. The molecule has 0 aliphatic carbocycles. The highest BCUT2D eigenvalue weighted by Gasteiger charge is 2.28. The number of methoxy groups -OCH3 is 1. The summed E-state index contributed by atoms with van der Waals surface area (Å²) in [7, 11) is -1.89. The molecule has 0 bridgehead atoms. The van der Waals surface area contributed by atoms with Crippen LogP contribution in [0.25, 0.3) is 0 Å². The molecule has 0 radical (unpaired) electrons. The average molecular weight is 288 g/mol. The topological polar surface area (TPSA) is 78.3 Å². The molecule has 0 saturated heterocycles. The van der Waals surface area contributed by atoms with Gasteiger partial charge >= 0.3 is 0 Å². The van der Waals surface area contributed by atoms with E-state index in [1.165, 1.54) is 17.7 Å². The summed E-state index contributed by atoms with van der Waals surface area (Å²) in [4.78, 5) is 15.9. The summed E-state index contributed by atoms with van der Waals surface area (Å²) in [6.07, 6.45) is 0. The Bertz CT molecular complexity index is 612. The first-order chi connectivity index (χ1) is 8.58. The van der Waals surface area contributed by atoms with Crippen LogP contribution in [0.15, 0.2) is 10.9 Å². The Hall–Kier alpha value is -1.37. The maximum atomic E-state index is 12.0. The Balaban J connectivity index is 3.06. The van der Waals surface area contributed by atoms with E-state index in [1.54, 1.807) is 27.7 Å². The van der Waals surface area contributed by atoms with Crippen molar-refractivity contribution in [1.29, 1.82) is 0 Å². The highest BCUT2D eigenvalue weighted by atomic mass is 32.2. The van der Waals surface area contributed by atoms with Crippen LogP contribution in [0.1, 0.15) is 26.5 Å². The lowest BCUT2D eigenvalue weighted by molar-refractivity contribution is 0.347. The molecule has 0 atom stereocenters. The van der Waals surface area contributed by atoms with Crippen LogP contribution in [0.4, 0.5) is 0 Å². The smallest absolute Gasteiger partial charge is 0.299 e. The van der Waals surface area contributed by atoms with Gasteiger partial charge in [0.1, 0.15) is 0 Å². The van der Waals surface area contributed by atoms with Crippen molar-refractivity contribution in [2.75, 3.05) is 12.9 Å². The van der Waals surface area contributed by atoms with Gasteiger partial charge in [-0.1, -0.05) is 0 Å². The monoisotopic (exact) mass is 288 g/mol. The van der Waals surface area contributed by atoms with E-state index in [4.69, 9.17) is 4.74 Å². The zero-order chi connectivity index (χ0) is 14.8. The van der Waals surface area contributed by atoms with Crippen LogP contribution < -0.4 is 10.3 Å². The van der Waals surface area contributed by atoms with Crippen molar-refractivity contribution in [2.24, 2.45) is 0 Å². The summed E-state index contributed by atoms with van der Waals surface area (Å²) < 4.78 is 29.5. The average Bonchev–Trinajstić information content (AvgIpc) is 2.25. The fourth-order valence-electron chi connectivity index (χ4n) is 1.47. The molecule has 0 unspecified atom stereocenters. The molecule has 1 aromatic rings. The molecular weight excluding hydrogens is 268 g/mol. The quantitative estimate of drug-likeness (QED) is 0.818. The van der Waals surface area contributed by atoms with Crippen LogP contribution in [0.5, 0.6) is 6.01 Å². The van der Waals surface area contributed by atoms with E-state index in [-0.39, 0.29) is 23.9 Å². The predicted molar refractivity (Wildman–Crippen MR) is 73.3 cm³/mol. The number of ether oxygens (including phenoxy) is 1. The normalized spacial score (nSPS) is 12.5. The van der Waals surface area contributed by atoms with Crippen molar-refractivity contribution in [3.05, 3.63) is 22.1 Å². The van der Waals surface area contributed by atoms with Gasteiger partial charge in [-0.15, -0.1) is 0 Å². The minimum Gasteiger partial charge on any atom is -0.468 e. The first kappa shape index (κ1) is 15.7. The SMILES string of the molecule is COc1nc(C)cc(=O)n1CCS(=O)(=O)C(C)(C)C. The molecule has 0 amide bonds. The second kappa shape index (κ2) is 5.32. The van der Waals surface area contributed by atoms with Crippen molar-refractivity contribution in [3.8, 4) is 6.01 Å². The predicted octanol–water partition coefficient (Wildman–Crippen LogP) is 0.774. The van der Waals surface area contributed by atoms with Crippen molar-refractivity contribution in [3.63, 3.8) is 0 Å². The summed E-state index contributed by atoms with van der Waals surface area (Å²) in [6.45, 7) is 6.62.